The second-order valence-electron chi connectivity index (χ2n) is 7.01. The lowest BCUT2D eigenvalue weighted by molar-refractivity contribution is -0.123. The van der Waals surface area contributed by atoms with Crippen LogP contribution in [0.1, 0.15) is 43.9 Å². The first-order chi connectivity index (χ1) is 12.0. The molecular weight excluding hydrogens is 318 g/mol. The van der Waals surface area contributed by atoms with Gasteiger partial charge in [-0.25, -0.2) is 4.68 Å². The fourth-order valence-electron chi connectivity index (χ4n) is 3.21. The molecule has 1 saturated heterocycles. The Labute approximate surface area is 147 Å². The molecule has 1 aromatic heterocycles. The number of fused-ring (bicyclic) bond motifs is 1. The number of ether oxygens (including phenoxy) is 1. The fourth-order valence-corrected chi connectivity index (χ4v) is 3.21. The number of aromatic nitrogens is 2. The van der Waals surface area contributed by atoms with Gasteiger partial charge in [0, 0.05) is 24.6 Å². The average molecular weight is 343 g/mol. The lowest BCUT2D eigenvalue weighted by atomic mass is 10.0. The SMILES string of the molecule is Cc1ccc2c(=O)n(CC(=O)NC3CCOCC3)nc(C(C)C)c2c1. The summed E-state index contributed by atoms with van der Waals surface area (Å²) in [5.74, 6) is -0.0163. The molecule has 3 rings (SSSR count). The molecule has 0 saturated carbocycles. The first-order valence-electron chi connectivity index (χ1n) is 8.84. The largest absolute Gasteiger partial charge is 0.381 e. The van der Waals surface area contributed by atoms with Crippen LogP contribution in [0.3, 0.4) is 0 Å². The molecule has 0 unspecified atom stereocenters. The van der Waals surface area contributed by atoms with Gasteiger partial charge in [-0.15, -0.1) is 0 Å². The van der Waals surface area contributed by atoms with Crippen LogP contribution in [0.4, 0.5) is 0 Å². The lowest BCUT2D eigenvalue weighted by Crippen LogP contribution is -2.42. The highest BCUT2D eigenvalue weighted by molar-refractivity contribution is 5.85. The van der Waals surface area contributed by atoms with Crippen molar-refractivity contribution in [1.29, 1.82) is 0 Å². The van der Waals surface area contributed by atoms with Gasteiger partial charge in [-0.05, 0) is 37.8 Å². The maximum atomic E-state index is 12.7. The molecule has 6 heteroatoms. The zero-order valence-corrected chi connectivity index (χ0v) is 15.0. The van der Waals surface area contributed by atoms with Crippen molar-refractivity contribution in [1.82, 2.24) is 15.1 Å². The number of carbonyl (C=O) groups is 1. The summed E-state index contributed by atoms with van der Waals surface area (Å²) >= 11 is 0. The molecule has 2 heterocycles. The van der Waals surface area contributed by atoms with Crippen molar-refractivity contribution in [2.24, 2.45) is 0 Å². The molecule has 1 aliphatic rings. The molecule has 2 aromatic rings. The minimum absolute atomic E-state index is 0.0558. The Morgan fingerprint density at radius 1 is 1.32 bits per heavy atom. The van der Waals surface area contributed by atoms with Gasteiger partial charge in [0.2, 0.25) is 5.91 Å². The number of amides is 1. The summed E-state index contributed by atoms with van der Waals surface area (Å²) < 4.78 is 6.59. The lowest BCUT2D eigenvalue weighted by Gasteiger charge is -2.23. The highest BCUT2D eigenvalue weighted by Gasteiger charge is 2.18. The highest BCUT2D eigenvalue weighted by Crippen LogP contribution is 2.22. The van der Waals surface area contributed by atoms with E-state index in [0.717, 1.165) is 29.5 Å². The summed E-state index contributed by atoms with van der Waals surface area (Å²) in [6.07, 6.45) is 1.62. The van der Waals surface area contributed by atoms with Gasteiger partial charge in [-0.1, -0.05) is 25.5 Å². The Balaban J connectivity index is 1.90. The normalized spacial score (nSPS) is 15.7. The van der Waals surface area contributed by atoms with Crippen LogP contribution in [0.25, 0.3) is 10.8 Å². The molecular formula is C19H25N3O3. The van der Waals surface area contributed by atoms with Crippen LogP contribution in [0.5, 0.6) is 0 Å². The fraction of sp³-hybridized carbons (Fsp3) is 0.526. The molecule has 134 valence electrons. The molecule has 6 nitrogen and oxygen atoms in total. The van der Waals surface area contributed by atoms with Crippen molar-refractivity contribution >= 4 is 16.7 Å². The molecule has 0 spiro atoms. The molecule has 0 aliphatic carbocycles. The van der Waals surface area contributed by atoms with Crippen LogP contribution < -0.4 is 10.9 Å². The van der Waals surface area contributed by atoms with E-state index in [2.05, 4.69) is 10.4 Å². The van der Waals surface area contributed by atoms with Crippen LogP contribution in [0, 0.1) is 6.92 Å². The predicted octanol–water partition coefficient (Wildman–Crippen LogP) is 2.12. The van der Waals surface area contributed by atoms with E-state index in [1.807, 2.05) is 39.0 Å². The van der Waals surface area contributed by atoms with Crippen LogP contribution >= 0.6 is 0 Å². The number of hydrogen-bond acceptors (Lipinski definition) is 4. The number of aryl methyl sites for hydroxylation is 1. The monoisotopic (exact) mass is 343 g/mol. The maximum absolute atomic E-state index is 12.7. The Hall–Kier alpha value is -2.21. The van der Waals surface area contributed by atoms with Gasteiger partial charge in [0.1, 0.15) is 6.54 Å². The molecule has 0 atom stereocenters. The third kappa shape index (κ3) is 3.90. The van der Waals surface area contributed by atoms with Crippen LogP contribution in [0.15, 0.2) is 23.0 Å². The molecule has 1 aromatic carbocycles. The van der Waals surface area contributed by atoms with E-state index in [1.54, 1.807) is 0 Å². The minimum Gasteiger partial charge on any atom is -0.381 e. The van der Waals surface area contributed by atoms with E-state index in [0.29, 0.717) is 18.6 Å². The number of nitrogens with one attached hydrogen (secondary N) is 1. The molecule has 25 heavy (non-hydrogen) atoms. The van der Waals surface area contributed by atoms with E-state index < -0.39 is 0 Å². The van der Waals surface area contributed by atoms with Crippen molar-refractivity contribution in [3.05, 3.63) is 39.8 Å². The molecule has 1 amide bonds. The third-order valence-corrected chi connectivity index (χ3v) is 4.57. The molecule has 0 radical (unpaired) electrons. The van der Waals surface area contributed by atoms with Crippen molar-refractivity contribution in [3.8, 4) is 0 Å². The standard InChI is InChI=1S/C19H25N3O3/c1-12(2)18-16-10-13(3)4-5-15(16)19(24)22(21-18)11-17(23)20-14-6-8-25-9-7-14/h4-5,10,12,14H,6-9,11H2,1-3H3,(H,20,23). The first kappa shape index (κ1) is 17.6. The topological polar surface area (TPSA) is 73.2 Å². The third-order valence-electron chi connectivity index (χ3n) is 4.57. The Kier molecular flexibility index (Phi) is 5.18. The van der Waals surface area contributed by atoms with Crippen LogP contribution in [-0.2, 0) is 16.1 Å². The average Bonchev–Trinajstić information content (AvgIpc) is 2.57. The van der Waals surface area contributed by atoms with Gasteiger partial charge in [0.05, 0.1) is 11.1 Å². The minimum atomic E-state index is -0.221. The van der Waals surface area contributed by atoms with E-state index in [-0.39, 0.29) is 30.0 Å². The zero-order chi connectivity index (χ0) is 18.0. The van der Waals surface area contributed by atoms with Crippen LogP contribution in [-0.4, -0.2) is 34.9 Å². The summed E-state index contributed by atoms with van der Waals surface area (Å²) in [6, 6.07) is 5.85. The van der Waals surface area contributed by atoms with Gasteiger partial charge < -0.3 is 10.1 Å². The summed E-state index contributed by atoms with van der Waals surface area (Å²) in [5.41, 5.74) is 1.71. The van der Waals surface area contributed by atoms with Gasteiger partial charge in [0.15, 0.2) is 0 Å². The molecule has 1 aliphatic heterocycles. The Bertz CT molecular complexity index is 836. The van der Waals surface area contributed by atoms with Gasteiger partial charge in [-0.2, -0.15) is 5.10 Å². The molecule has 0 bridgehead atoms. The van der Waals surface area contributed by atoms with E-state index in [9.17, 15) is 9.59 Å². The maximum Gasteiger partial charge on any atom is 0.275 e. The van der Waals surface area contributed by atoms with Gasteiger partial charge >= 0.3 is 0 Å². The van der Waals surface area contributed by atoms with Crippen LogP contribution in [0.2, 0.25) is 0 Å². The van der Waals surface area contributed by atoms with Gasteiger partial charge in [0.25, 0.3) is 5.56 Å². The summed E-state index contributed by atoms with van der Waals surface area (Å²) in [7, 11) is 0. The number of benzene rings is 1. The molecule has 1 fully saturated rings. The van der Waals surface area contributed by atoms with E-state index >= 15 is 0 Å². The quantitative estimate of drug-likeness (QED) is 0.923. The number of rotatable bonds is 4. The smallest absolute Gasteiger partial charge is 0.275 e. The number of nitrogens with zero attached hydrogens (tertiary/aromatic N) is 2. The Morgan fingerprint density at radius 2 is 2.04 bits per heavy atom. The summed E-state index contributed by atoms with van der Waals surface area (Å²) in [5, 5.41) is 8.96. The van der Waals surface area contributed by atoms with Crippen molar-refractivity contribution in [3.63, 3.8) is 0 Å². The highest BCUT2D eigenvalue weighted by atomic mass is 16.5. The second-order valence-corrected chi connectivity index (χ2v) is 7.01. The first-order valence-corrected chi connectivity index (χ1v) is 8.84. The second kappa shape index (κ2) is 7.35. The van der Waals surface area contributed by atoms with Gasteiger partial charge in [-0.3, -0.25) is 9.59 Å². The Morgan fingerprint density at radius 3 is 2.72 bits per heavy atom. The van der Waals surface area contributed by atoms with E-state index in [1.165, 1.54) is 4.68 Å². The predicted molar refractivity (Wildman–Crippen MR) is 96.8 cm³/mol. The zero-order valence-electron chi connectivity index (χ0n) is 15.0. The van der Waals surface area contributed by atoms with Crippen molar-refractivity contribution < 1.29 is 9.53 Å². The van der Waals surface area contributed by atoms with E-state index in [4.69, 9.17) is 4.74 Å². The number of hydrogen-bond donors (Lipinski definition) is 1. The van der Waals surface area contributed by atoms with Crippen molar-refractivity contribution in [2.45, 2.75) is 52.1 Å². The number of carbonyl (C=O) groups excluding carboxylic acids is 1. The molecule has 1 N–H and O–H groups in total. The summed E-state index contributed by atoms with van der Waals surface area (Å²) in [4.78, 5) is 25.1. The van der Waals surface area contributed by atoms with Crippen molar-refractivity contribution in [2.75, 3.05) is 13.2 Å². The summed E-state index contributed by atoms with van der Waals surface area (Å²) in [6.45, 7) is 7.35.